The largest absolute Gasteiger partial charge is 0.466 e. The molecule has 3 nitrogen and oxygen atoms in total. The van der Waals surface area contributed by atoms with E-state index in [4.69, 9.17) is 27.9 Å². The van der Waals surface area contributed by atoms with Gasteiger partial charge in [0.15, 0.2) is 0 Å². The Morgan fingerprint density at radius 2 is 1.46 bits per heavy atom. The van der Waals surface area contributed by atoms with Crippen molar-refractivity contribution < 1.29 is 9.53 Å². The number of rotatable bonds is 5. The second-order valence-corrected chi connectivity index (χ2v) is 7.44. The first-order valence-corrected chi connectivity index (χ1v) is 9.75. The molecule has 0 saturated carbocycles. The van der Waals surface area contributed by atoms with Crippen LogP contribution in [0.15, 0.2) is 48.5 Å². The van der Waals surface area contributed by atoms with E-state index in [2.05, 4.69) is 29.2 Å². The lowest BCUT2D eigenvalue weighted by molar-refractivity contribution is -0.149. The lowest BCUT2D eigenvalue weighted by atomic mass is 9.91. The van der Waals surface area contributed by atoms with Crippen molar-refractivity contribution in [3.63, 3.8) is 0 Å². The van der Waals surface area contributed by atoms with Gasteiger partial charge in [0.2, 0.25) is 0 Å². The van der Waals surface area contributed by atoms with E-state index in [1.165, 1.54) is 11.1 Å². The predicted molar refractivity (Wildman–Crippen MR) is 106 cm³/mol. The number of nitrogens with zero attached hydrogens (tertiary/aromatic N) is 1. The molecule has 0 radical (unpaired) electrons. The third-order valence-corrected chi connectivity index (χ3v) is 5.39. The molecule has 1 fully saturated rings. The number of likely N-dealkylation sites (tertiary alicyclic amines) is 1. The van der Waals surface area contributed by atoms with Crippen molar-refractivity contribution >= 4 is 29.2 Å². The Morgan fingerprint density at radius 1 is 1.00 bits per heavy atom. The van der Waals surface area contributed by atoms with Gasteiger partial charge in [-0.3, -0.25) is 9.69 Å². The van der Waals surface area contributed by atoms with Gasteiger partial charge in [0.25, 0.3) is 0 Å². The molecule has 0 amide bonds. The molecule has 0 aliphatic carbocycles. The van der Waals surface area contributed by atoms with E-state index in [0.29, 0.717) is 6.61 Å². The van der Waals surface area contributed by atoms with Crippen LogP contribution >= 0.6 is 23.2 Å². The molecule has 0 atom stereocenters. The number of esters is 1. The van der Waals surface area contributed by atoms with Crippen molar-refractivity contribution in [2.75, 3.05) is 19.7 Å². The monoisotopic (exact) mass is 391 g/mol. The minimum atomic E-state index is -0.0679. The van der Waals surface area contributed by atoms with Crippen LogP contribution in [0.1, 0.15) is 36.9 Å². The number of hydrogen-bond donors (Lipinski definition) is 0. The summed E-state index contributed by atoms with van der Waals surface area (Å²) in [5.74, 6) is -0.0658. The van der Waals surface area contributed by atoms with Crippen LogP contribution in [-0.2, 0) is 9.53 Å². The van der Waals surface area contributed by atoms with Gasteiger partial charge in [0.05, 0.1) is 18.6 Å². The molecule has 1 heterocycles. The van der Waals surface area contributed by atoms with E-state index in [-0.39, 0.29) is 17.9 Å². The maximum absolute atomic E-state index is 12.0. The number of carbonyl (C=O) groups is 1. The molecule has 2 aromatic carbocycles. The Bertz CT molecular complexity index is 677. The molecule has 0 N–H and O–H groups in total. The van der Waals surface area contributed by atoms with Crippen LogP contribution in [0, 0.1) is 5.92 Å². The summed E-state index contributed by atoms with van der Waals surface area (Å²) in [5, 5.41) is 1.45. The molecule has 0 spiro atoms. The number of carbonyl (C=O) groups excluding carboxylic acids is 1. The van der Waals surface area contributed by atoms with Crippen molar-refractivity contribution in [2.24, 2.45) is 5.92 Å². The Hall–Kier alpha value is -1.55. The number of hydrogen-bond acceptors (Lipinski definition) is 3. The van der Waals surface area contributed by atoms with Gasteiger partial charge in [0, 0.05) is 10.0 Å². The average Bonchev–Trinajstić information content (AvgIpc) is 2.66. The van der Waals surface area contributed by atoms with E-state index < -0.39 is 0 Å². The molecular weight excluding hydrogens is 369 g/mol. The number of piperidine rings is 1. The first-order valence-electron chi connectivity index (χ1n) is 9.00. The van der Waals surface area contributed by atoms with Crippen molar-refractivity contribution in [3.8, 4) is 0 Å². The molecule has 0 unspecified atom stereocenters. The van der Waals surface area contributed by atoms with E-state index >= 15 is 0 Å². The summed E-state index contributed by atoms with van der Waals surface area (Å²) in [6.07, 6.45) is 1.63. The topological polar surface area (TPSA) is 29.5 Å². The molecule has 138 valence electrons. The minimum Gasteiger partial charge on any atom is -0.466 e. The van der Waals surface area contributed by atoms with Gasteiger partial charge in [-0.25, -0.2) is 0 Å². The molecule has 0 aromatic heterocycles. The lowest BCUT2D eigenvalue weighted by Gasteiger charge is -2.37. The normalized spacial score (nSPS) is 16.0. The summed E-state index contributed by atoms with van der Waals surface area (Å²) >= 11 is 12.1. The first-order chi connectivity index (χ1) is 12.6. The zero-order chi connectivity index (χ0) is 18.5. The SMILES string of the molecule is CCOC(=O)C1CCN(C(c2ccc(Cl)cc2)c2ccc(Cl)cc2)CC1. The highest BCUT2D eigenvalue weighted by molar-refractivity contribution is 6.30. The summed E-state index contributed by atoms with van der Waals surface area (Å²) in [6, 6.07) is 16.1. The highest BCUT2D eigenvalue weighted by Gasteiger charge is 2.30. The molecular formula is C21H23Cl2NO2. The maximum Gasteiger partial charge on any atom is 0.309 e. The van der Waals surface area contributed by atoms with Gasteiger partial charge in [-0.2, -0.15) is 0 Å². The maximum atomic E-state index is 12.0. The third-order valence-electron chi connectivity index (χ3n) is 4.89. The average molecular weight is 392 g/mol. The molecule has 5 heteroatoms. The first kappa shape index (κ1) is 19.2. The quantitative estimate of drug-likeness (QED) is 0.642. The highest BCUT2D eigenvalue weighted by Crippen LogP contribution is 2.33. The van der Waals surface area contributed by atoms with E-state index in [1.54, 1.807) is 0 Å². The van der Waals surface area contributed by atoms with E-state index in [1.807, 2.05) is 31.2 Å². The summed E-state index contributed by atoms with van der Waals surface area (Å²) in [4.78, 5) is 14.4. The molecule has 3 rings (SSSR count). The third kappa shape index (κ3) is 4.59. The minimum absolute atomic E-state index is 0.00212. The summed E-state index contributed by atoms with van der Waals surface area (Å²) in [5.41, 5.74) is 2.37. The Labute approximate surface area is 164 Å². The fourth-order valence-electron chi connectivity index (χ4n) is 3.56. The number of halogens is 2. The molecule has 1 aliphatic rings. The van der Waals surface area contributed by atoms with E-state index in [0.717, 1.165) is 36.0 Å². The Balaban J connectivity index is 1.81. The van der Waals surface area contributed by atoms with Crippen LogP contribution in [0.4, 0.5) is 0 Å². The molecule has 26 heavy (non-hydrogen) atoms. The molecule has 2 aromatic rings. The van der Waals surface area contributed by atoms with Crippen molar-refractivity contribution in [3.05, 3.63) is 69.7 Å². The second kappa shape index (κ2) is 8.90. The fourth-order valence-corrected chi connectivity index (χ4v) is 3.81. The van der Waals surface area contributed by atoms with Gasteiger partial charge < -0.3 is 4.74 Å². The zero-order valence-electron chi connectivity index (χ0n) is 14.8. The standard InChI is InChI=1S/C21H23Cl2NO2/c1-2-26-21(25)17-11-13-24(14-12-17)20(15-3-7-18(22)8-4-15)16-5-9-19(23)10-6-16/h3-10,17,20H,2,11-14H2,1H3. The Morgan fingerprint density at radius 3 is 1.88 bits per heavy atom. The van der Waals surface area contributed by atoms with Crippen molar-refractivity contribution in [1.82, 2.24) is 4.90 Å². The Kier molecular flexibility index (Phi) is 6.58. The van der Waals surface area contributed by atoms with Crippen LogP contribution in [0.3, 0.4) is 0 Å². The molecule has 1 aliphatic heterocycles. The second-order valence-electron chi connectivity index (χ2n) is 6.57. The zero-order valence-corrected chi connectivity index (χ0v) is 16.3. The summed E-state index contributed by atoms with van der Waals surface area (Å²) in [6.45, 7) is 3.99. The fraction of sp³-hybridized carbons (Fsp3) is 0.381. The van der Waals surface area contributed by atoms with Crippen molar-refractivity contribution in [1.29, 1.82) is 0 Å². The van der Waals surface area contributed by atoms with Crippen LogP contribution in [0.25, 0.3) is 0 Å². The predicted octanol–water partition coefficient (Wildman–Crippen LogP) is 5.36. The summed E-state index contributed by atoms with van der Waals surface area (Å²) < 4.78 is 5.19. The molecule has 1 saturated heterocycles. The highest BCUT2D eigenvalue weighted by atomic mass is 35.5. The van der Waals surface area contributed by atoms with Crippen LogP contribution in [0.5, 0.6) is 0 Å². The van der Waals surface area contributed by atoms with Gasteiger partial charge in [-0.15, -0.1) is 0 Å². The summed E-state index contributed by atoms with van der Waals surface area (Å²) in [7, 11) is 0. The van der Waals surface area contributed by atoms with Gasteiger partial charge >= 0.3 is 5.97 Å². The van der Waals surface area contributed by atoms with Crippen molar-refractivity contribution in [2.45, 2.75) is 25.8 Å². The van der Waals surface area contributed by atoms with Crippen LogP contribution in [0.2, 0.25) is 10.0 Å². The van der Waals surface area contributed by atoms with E-state index in [9.17, 15) is 4.79 Å². The van der Waals surface area contributed by atoms with Gasteiger partial charge in [-0.05, 0) is 68.2 Å². The number of ether oxygens (including phenoxy) is 1. The van der Waals surface area contributed by atoms with Gasteiger partial charge in [0.1, 0.15) is 0 Å². The van der Waals surface area contributed by atoms with Gasteiger partial charge in [-0.1, -0.05) is 47.5 Å². The van der Waals surface area contributed by atoms with Crippen LogP contribution in [-0.4, -0.2) is 30.6 Å². The smallest absolute Gasteiger partial charge is 0.309 e. The number of benzene rings is 2. The lowest BCUT2D eigenvalue weighted by Crippen LogP contribution is -2.39. The molecule has 0 bridgehead atoms. The van der Waals surface area contributed by atoms with Crippen LogP contribution < -0.4 is 0 Å².